The Morgan fingerprint density at radius 1 is 1.38 bits per heavy atom. The van der Waals surface area contributed by atoms with Crippen LogP contribution < -0.4 is 11.1 Å². The van der Waals surface area contributed by atoms with E-state index in [0.717, 1.165) is 22.8 Å². The summed E-state index contributed by atoms with van der Waals surface area (Å²) in [5.74, 6) is -0.0782. The van der Waals surface area contributed by atoms with Gasteiger partial charge in [0.2, 0.25) is 5.91 Å². The average Bonchev–Trinajstić information content (AvgIpc) is 2.67. The van der Waals surface area contributed by atoms with Crippen LogP contribution in [0.3, 0.4) is 0 Å². The van der Waals surface area contributed by atoms with Crippen LogP contribution in [0.4, 0.5) is 5.69 Å². The molecule has 1 aromatic heterocycles. The summed E-state index contributed by atoms with van der Waals surface area (Å²) in [6.07, 6.45) is 0.310. The van der Waals surface area contributed by atoms with Gasteiger partial charge in [-0.15, -0.1) is 12.4 Å². The number of rotatable bonds is 4. The van der Waals surface area contributed by atoms with E-state index in [1.165, 1.54) is 0 Å². The van der Waals surface area contributed by atoms with Crippen molar-refractivity contribution in [3.8, 4) is 5.69 Å². The number of hydrogen-bond donors (Lipinski definition) is 2. The van der Waals surface area contributed by atoms with E-state index < -0.39 is 0 Å². The van der Waals surface area contributed by atoms with Gasteiger partial charge in [-0.05, 0) is 45.0 Å². The number of nitrogens with two attached hydrogens (primary N) is 1. The molecule has 0 aliphatic carbocycles. The van der Waals surface area contributed by atoms with Crippen LogP contribution in [-0.2, 0) is 4.79 Å². The number of carbonyl (C=O) groups excluding carboxylic acids is 1. The molecule has 0 aliphatic rings. The zero-order chi connectivity index (χ0) is 14.7. The summed E-state index contributed by atoms with van der Waals surface area (Å²) < 4.78 is 1.86. The number of aromatic nitrogens is 2. The Kier molecular flexibility index (Phi) is 5.93. The van der Waals surface area contributed by atoms with E-state index in [1.807, 2.05) is 55.8 Å². The summed E-state index contributed by atoms with van der Waals surface area (Å²) in [5, 5.41) is 7.28. The van der Waals surface area contributed by atoms with Gasteiger partial charge in [-0.2, -0.15) is 5.10 Å². The fourth-order valence-electron chi connectivity index (χ4n) is 2.11. The van der Waals surface area contributed by atoms with Gasteiger partial charge in [0.05, 0.1) is 11.4 Å². The Balaban J connectivity index is 0.00000220. The van der Waals surface area contributed by atoms with Crippen LogP contribution >= 0.6 is 12.4 Å². The molecule has 6 heteroatoms. The van der Waals surface area contributed by atoms with Crippen LogP contribution in [0, 0.1) is 13.8 Å². The van der Waals surface area contributed by atoms with Crippen LogP contribution in [0.5, 0.6) is 0 Å². The summed E-state index contributed by atoms with van der Waals surface area (Å²) in [6.45, 7) is 5.77. The van der Waals surface area contributed by atoms with Gasteiger partial charge in [-0.25, -0.2) is 4.68 Å². The molecule has 114 valence electrons. The maximum absolute atomic E-state index is 11.7. The highest BCUT2D eigenvalue weighted by molar-refractivity contribution is 5.91. The quantitative estimate of drug-likeness (QED) is 0.912. The van der Waals surface area contributed by atoms with Crippen LogP contribution in [0.2, 0.25) is 0 Å². The molecule has 2 rings (SSSR count). The molecule has 0 saturated carbocycles. The van der Waals surface area contributed by atoms with Crippen LogP contribution in [0.15, 0.2) is 30.3 Å². The third-order valence-electron chi connectivity index (χ3n) is 2.89. The maximum atomic E-state index is 11.7. The molecule has 1 aromatic carbocycles. The molecule has 2 aromatic rings. The molecule has 0 radical (unpaired) electrons. The maximum Gasteiger partial charge on any atom is 0.225 e. The largest absolute Gasteiger partial charge is 0.327 e. The number of halogens is 1. The van der Waals surface area contributed by atoms with E-state index in [9.17, 15) is 4.79 Å². The summed E-state index contributed by atoms with van der Waals surface area (Å²) >= 11 is 0. The van der Waals surface area contributed by atoms with Gasteiger partial charge in [0, 0.05) is 23.8 Å². The second-order valence-electron chi connectivity index (χ2n) is 5.12. The fraction of sp³-hybridized carbons (Fsp3) is 0.333. The van der Waals surface area contributed by atoms with Crippen LogP contribution in [-0.4, -0.2) is 21.7 Å². The van der Waals surface area contributed by atoms with Gasteiger partial charge in [0.15, 0.2) is 0 Å². The molecule has 0 spiro atoms. The molecule has 3 N–H and O–H groups in total. The third-order valence-corrected chi connectivity index (χ3v) is 2.89. The van der Waals surface area contributed by atoms with Crippen molar-refractivity contribution in [1.82, 2.24) is 9.78 Å². The predicted octanol–water partition coefficient (Wildman–Crippen LogP) is 2.59. The fourth-order valence-corrected chi connectivity index (χ4v) is 2.11. The molecule has 0 fully saturated rings. The molecule has 0 saturated heterocycles. The Hall–Kier alpha value is -1.85. The van der Waals surface area contributed by atoms with Crippen molar-refractivity contribution in [3.05, 3.63) is 41.7 Å². The number of amides is 1. The highest BCUT2D eigenvalue weighted by atomic mass is 35.5. The molecular weight excluding hydrogens is 288 g/mol. The van der Waals surface area contributed by atoms with E-state index >= 15 is 0 Å². The van der Waals surface area contributed by atoms with E-state index in [4.69, 9.17) is 5.73 Å². The highest BCUT2D eigenvalue weighted by Gasteiger charge is 2.08. The molecule has 0 aliphatic heterocycles. The number of carbonyl (C=O) groups is 1. The molecule has 0 bridgehead atoms. The first-order valence-electron chi connectivity index (χ1n) is 6.65. The number of nitrogens with zero attached hydrogens (tertiary/aromatic N) is 2. The average molecular weight is 309 g/mol. The Morgan fingerprint density at radius 2 is 2.10 bits per heavy atom. The Bertz CT molecular complexity index is 622. The molecule has 1 unspecified atom stereocenters. The first kappa shape index (κ1) is 17.2. The van der Waals surface area contributed by atoms with Gasteiger partial charge in [0.25, 0.3) is 0 Å². The van der Waals surface area contributed by atoms with Crippen molar-refractivity contribution in [2.45, 2.75) is 33.2 Å². The van der Waals surface area contributed by atoms with Gasteiger partial charge in [-0.3, -0.25) is 4.79 Å². The van der Waals surface area contributed by atoms with Crippen LogP contribution in [0.25, 0.3) is 5.69 Å². The zero-order valence-corrected chi connectivity index (χ0v) is 13.3. The Labute approximate surface area is 130 Å². The lowest BCUT2D eigenvalue weighted by Gasteiger charge is -2.10. The molecule has 21 heavy (non-hydrogen) atoms. The van der Waals surface area contributed by atoms with Gasteiger partial charge < -0.3 is 11.1 Å². The predicted molar refractivity (Wildman–Crippen MR) is 87.2 cm³/mol. The van der Waals surface area contributed by atoms with Crippen molar-refractivity contribution in [2.24, 2.45) is 5.73 Å². The van der Waals surface area contributed by atoms with E-state index in [-0.39, 0.29) is 24.4 Å². The van der Waals surface area contributed by atoms with Crippen molar-refractivity contribution >= 4 is 24.0 Å². The number of benzene rings is 1. The van der Waals surface area contributed by atoms with Gasteiger partial charge in [-0.1, -0.05) is 6.07 Å². The molecule has 1 atom stereocenters. The first-order chi connectivity index (χ1) is 9.45. The number of nitrogens with one attached hydrogen (secondary N) is 1. The standard InChI is InChI=1S/C15H20N4O.ClH/c1-10(16)7-15(20)17-13-5-4-6-14(9-13)19-12(3)8-11(2)18-19;/h4-6,8-10H,7,16H2,1-3H3,(H,17,20);1H. The Morgan fingerprint density at radius 3 is 2.67 bits per heavy atom. The number of anilines is 1. The summed E-state index contributed by atoms with van der Waals surface area (Å²) in [6, 6.07) is 9.48. The lowest BCUT2D eigenvalue weighted by molar-refractivity contribution is -0.116. The van der Waals surface area contributed by atoms with Gasteiger partial charge in [0.1, 0.15) is 0 Å². The minimum atomic E-state index is -0.144. The van der Waals surface area contributed by atoms with E-state index in [1.54, 1.807) is 0 Å². The summed E-state index contributed by atoms with van der Waals surface area (Å²) in [7, 11) is 0. The lowest BCUT2D eigenvalue weighted by atomic mass is 10.2. The highest BCUT2D eigenvalue weighted by Crippen LogP contribution is 2.17. The zero-order valence-electron chi connectivity index (χ0n) is 12.5. The van der Waals surface area contributed by atoms with E-state index in [0.29, 0.717) is 6.42 Å². The molecule has 5 nitrogen and oxygen atoms in total. The van der Waals surface area contributed by atoms with E-state index in [2.05, 4.69) is 10.4 Å². The summed E-state index contributed by atoms with van der Waals surface area (Å²) in [4.78, 5) is 11.7. The topological polar surface area (TPSA) is 72.9 Å². The second kappa shape index (κ2) is 7.24. The third kappa shape index (κ3) is 4.58. The van der Waals surface area contributed by atoms with Gasteiger partial charge >= 0.3 is 0 Å². The monoisotopic (exact) mass is 308 g/mol. The van der Waals surface area contributed by atoms with Crippen molar-refractivity contribution in [2.75, 3.05) is 5.32 Å². The molecule has 1 heterocycles. The minimum absolute atomic E-state index is 0. The lowest BCUT2D eigenvalue weighted by Crippen LogP contribution is -2.24. The summed E-state index contributed by atoms with van der Waals surface area (Å²) in [5.41, 5.74) is 9.32. The van der Waals surface area contributed by atoms with Crippen molar-refractivity contribution < 1.29 is 4.79 Å². The van der Waals surface area contributed by atoms with Crippen molar-refractivity contribution in [1.29, 1.82) is 0 Å². The van der Waals surface area contributed by atoms with Crippen LogP contribution in [0.1, 0.15) is 24.7 Å². The first-order valence-corrected chi connectivity index (χ1v) is 6.65. The molecule has 1 amide bonds. The normalized spacial score (nSPS) is 11.6. The number of hydrogen-bond acceptors (Lipinski definition) is 3. The smallest absolute Gasteiger partial charge is 0.225 e. The second-order valence-corrected chi connectivity index (χ2v) is 5.12. The number of aryl methyl sites for hydroxylation is 2. The molecular formula is C15H21ClN4O. The SMILES string of the molecule is Cc1cc(C)n(-c2cccc(NC(=O)CC(C)N)c2)n1.Cl. The minimum Gasteiger partial charge on any atom is -0.327 e. The van der Waals surface area contributed by atoms with Crippen molar-refractivity contribution in [3.63, 3.8) is 0 Å².